The van der Waals surface area contributed by atoms with E-state index < -0.39 is 18.9 Å². The van der Waals surface area contributed by atoms with Crippen LogP contribution in [0.3, 0.4) is 0 Å². The Morgan fingerprint density at radius 2 is 1.81 bits per heavy atom. The number of hydrogen-bond donors (Lipinski definition) is 0. The van der Waals surface area contributed by atoms with Crippen molar-refractivity contribution in [3.05, 3.63) is 58.1 Å². The van der Waals surface area contributed by atoms with Crippen molar-refractivity contribution in [1.82, 2.24) is 9.80 Å². The number of benzene rings is 2. The Kier molecular flexibility index (Phi) is 6.62. The summed E-state index contributed by atoms with van der Waals surface area (Å²) in [7, 11) is 2.07. The van der Waals surface area contributed by atoms with E-state index in [0.29, 0.717) is 22.2 Å². The average Bonchev–Trinajstić information content (AvgIpc) is 2.93. The molecule has 0 aliphatic carbocycles. The van der Waals surface area contributed by atoms with Crippen molar-refractivity contribution in [1.29, 1.82) is 0 Å². The standard InChI is InChI=1S/C23H25ClN4O4/c1-3-21(29)31-15-32-23(30)28-20-14-16(24)8-9-19(20)25-18-7-5-4-6-17(18)22(28)27-12-10-26(2)11-13-27/h4-9,14H,3,10-13,15H2,1-2H3. The number of amides is 1. The third-order valence-electron chi connectivity index (χ3n) is 5.45. The minimum atomic E-state index is -0.668. The SMILES string of the molecule is CCC(=O)OCOC(=O)N1C(N2CCN(C)CC2)=c2ccccc2=Nc2ccc(Cl)cc21. The Morgan fingerprint density at radius 1 is 1.06 bits per heavy atom. The highest BCUT2D eigenvalue weighted by Gasteiger charge is 2.32. The number of esters is 1. The molecular weight excluding hydrogens is 432 g/mol. The van der Waals surface area contributed by atoms with Crippen LogP contribution < -0.4 is 15.5 Å². The van der Waals surface area contributed by atoms with Crippen LogP contribution in [0.15, 0.2) is 47.5 Å². The highest BCUT2D eigenvalue weighted by molar-refractivity contribution is 6.31. The van der Waals surface area contributed by atoms with Crippen molar-refractivity contribution in [3.8, 4) is 0 Å². The number of rotatable bonds is 4. The van der Waals surface area contributed by atoms with E-state index in [-0.39, 0.29) is 6.42 Å². The van der Waals surface area contributed by atoms with Gasteiger partial charge in [0.05, 0.1) is 16.7 Å². The Labute approximate surface area is 191 Å². The first kappa shape index (κ1) is 22.1. The van der Waals surface area contributed by atoms with Gasteiger partial charge < -0.3 is 19.3 Å². The zero-order valence-corrected chi connectivity index (χ0v) is 18.8. The van der Waals surface area contributed by atoms with Gasteiger partial charge in [-0.2, -0.15) is 0 Å². The fraction of sp³-hybridized carbons (Fsp3) is 0.348. The second kappa shape index (κ2) is 9.58. The number of para-hydroxylation sites is 1. The summed E-state index contributed by atoms with van der Waals surface area (Å²) >= 11 is 6.31. The first-order valence-corrected chi connectivity index (χ1v) is 10.9. The second-order valence-corrected chi connectivity index (χ2v) is 8.05. The van der Waals surface area contributed by atoms with Gasteiger partial charge >= 0.3 is 12.1 Å². The maximum Gasteiger partial charge on any atom is 0.423 e. The molecule has 0 N–H and O–H groups in total. The van der Waals surface area contributed by atoms with Gasteiger partial charge in [0.15, 0.2) is 0 Å². The van der Waals surface area contributed by atoms with Gasteiger partial charge in [0.1, 0.15) is 5.82 Å². The van der Waals surface area contributed by atoms with Crippen LogP contribution in [-0.2, 0) is 14.3 Å². The molecule has 2 aromatic carbocycles. The van der Waals surface area contributed by atoms with Gasteiger partial charge in [-0.3, -0.25) is 4.79 Å². The average molecular weight is 457 g/mol. The molecule has 2 aliphatic rings. The molecule has 0 unspecified atom stereocenters. The molecule has 0 spiro atoms. The highest BCUT2D eigenvalue weighted by atomic mass is 35.5. The highest BCUT2D eigenvalue weighted by Crippen LogP contribution is 2.36. The number of anilines is 1. The predicted octanol–water partition coefficient (Wildman–Crippen LogP) is 2.47. The Bertz CT molecular complexity index is 1140. The zero-order valence-electron chi connectivity index (χ0n) is 18.1. The number of carbonyl (C=O) groups excluding carboxylic acids is 2. The number of hydrogen-bond acceptors (Lipinski definition) is 7. The summed E-state index contributed by atoms with van der Waals surface area (Å²) in [5.41, 5.74) is 1.10. The van der Waals surface area contributed by atoms with Gasteiger partial charge in [-0.1, -0.05) is 30.7 Å². The number of likely N-dealkylation sites (N-methyl/N-ethyl adjacent to an activating group) is 1. The molecular formula is C23H25ClN4O4. The lowest BCUT2D eigenvalue weighted by atomic mass is 10.2. The molecule has 1 fully saturated rings. The number of carbonyl (C=O) groups is 2. The molecule has 0 bridgehead atoms. The first-order valence-electron chi connectivity index (χ1n) is 10.5. The monoisotopic (exact) mass is 456 g/mol. The lowest BCUT2D eigenvalue weighted by molar-refractivity contribution is -0.151. The van der Waals surface area contributed by atoms with E-state index in [2.05, 4.69) is 16.8 Å². The molecule has 168 valence electrons. The van der Waals surface area contributed by atoms with E-state index in [1.165, 1.54) is 4.90 Å². The summed E-state index contributed by atoms with van der Waals surface area (Å²) in [5, 5.41) is 2.03. The summed E-state index contributed by atoms with van der Waals surface area (Å²) in [6.07, 6.45) is -0.469. The van der Waals surface area contributed by atoms with Crippen LogP contribution in [0.1, 0.15) is 13.3 Å². The Morgan fingerprint density at radius 3 is 2.56 bits per heavy atom. The molecule has 2 aliphatic heterocycles. The van der Waals surface area contributed by atoms with Crippen molar-refractivity contribution >= 4 is 40.9 Å². The van der Waals surface area contributed by atoms with Crippen LogP contribution in [0.25, 0.3) is 5.82 Å². The number of halogens is 1. The largest absolute Gasteiger partial charge is 0.428 e. The van der Waals surface area contributed by atoms with Gasteiger partial charge in [-0.15, -0.1) is 0 Å². The number of fused-ring (bicyclic) bond motifs is 2. The molecule has 1 saturated heterocycles. The maximum absolute atomic E-state index is 13.4. The third-order valence-corrected chi connectivity index (χ3v) is 5.69. The molecule has 1 amide bonds. The van der Waals surface area contributed by atoms with Crippen molar-refractivity contribution in [3.63, 3.8) is 0 Å². The van der Waals surface area contributed by atoms with Crippen LogP contribution in [-0.4, -0.2) is 61.9 Å². The molecule has 4 rings (SSSR count). The summed E-state index contributed by atoms with van der Waals surface area (Å²) in [5.74, 6) is 0.228. The summed E-state index contributed by atoms with van der Waals surface area (Å²) in [4.78, 5) is 35.6. The molecule has 9 heteroatoms. The zero-order chi connectivity index (χ0) is 22.7. The maximum atomic E-state index is 13.4. The van der Waals surface area contributed by atoms with E-state index in [4.69, 9.17) is 26.1 Å². The van der Waals surface area contributed by atoms with Crippen LogP contribution in [0.5, 0.6) is 0 Å². The molecule has 0 saturated carbocycles. The lowest BCUT2D eigenvalue weighted by Crippen LogP contribution is -2.51. The van der Waals surface area contributed by atoms with Gasteiger partial charge in [0.2, 0.25) is 6.79 Å². The Balaban J connectivity index is 1.84. The van der Waals surface area contributed by atoms with Crippen LogP contribution in [0, 0.1) is 0 Å². The summed E-state index contributed by atoms with van der Waals surface area (Å²) in [6.45, 7) is 4.36. The van der Waals surface area contributed by atoms with Crippen molar-refractivity contribution in [2.75, 3.05) is 44.9 Å². The minimum Gasteiger partial charge on any atom is -0.428 e. The fourth-order valence-corrected chi connectivity index (χ4v) is 3.89. The summed E-state index contributed by atoms with van der Waals surface area (Å²) < 4.78 is 10.3. The van der Waals surface area contributed by atoms with Gasteiger partial charge in [0, 0.05) is 42.8 Å². The van der Waals surface area contributed by atoms with Crippen molar-refractivity contribution in [2.45, 2.75) is 13.3 Å². The van der Waals surface area contributed by atoms with Crippen molar-refractivity contribution in [2.24, 2.45) is 4.99 Å². The normalized spacial score (nSPS) is 15.9. The fourth-order valence-electron chi connectivity index (χ4n) is 3.72. The van der Waals surface area contributed by atoms with Crippen molar-refractivity contribution < 1.29 is 19.1 Å². The van der Waals surface area contributed by atoms with Crippen LogP contribution >= 0.6 is 11.6 Å². The van der Waals surface area contributed by atoms with Crippen LogP contribution in [0.2, 0.25) is 5.02 Å². The topological polar surface area (TPSA) is 74.7 Å². The lowest BCUT2D eigenvalue weighted by Gasteiger charge is -2.39. The molecule has 0 aromatic heterocycles. The molecule has 8 nitrogen and oxygen atoms in total. The number of nitrogens with zero attached hydrogens (tertiary/aromatic N) is 4. The summed E-state index contributed by atoms with van der Waals surface area (Å²) in [6, 6.07) is 12.9. The quantitative estimate of drug-likeness (QED) is 0.519. The Hall–Kier alpha value is -3.10. The van der Waals surface area contributed by atoms with E-state index in [0.717, 1.165) is 36.8 Å². The molecule has 32 heavy (non-hydrogen) atoms. The smallest absolute Gasteiger partial charge is 0.423 e. The molecule has 2 aromatic rings. The van der Waals surface area contributed by atoms with Gasteiger partial charge in [-0.25, -0.2) is 14.7 Å². The third kappa shape index (κ3) is 4.56. The number of piperazine rings is 1. The van der Waals surface area contributed by atoms with E-state index >= 15 is 0 Å². The predicted molar refractivity (Wildman–Crippen MR) is 121 cm³/mol. The molecule has 2 heterocycles. The van der Waals surface area contributed by atoms with E-state index in [9.17, 15) is 9.59 Å². The van der Waals surface area contributed by atoms with Crippen LogP contribution in [0.4, 0.5) is 16.2 Å². The van der Waals surface area contributed by atoms with E-state index in [1.54, 1.807) is 25.1 Å². The number of ether oxygens (including phenoxy) is 2. The van der Waals surface area contributed by atoms with Gasteiger partial charge in [-0.05, 0) is 37.4 Å². The van der Waals surface area contributed by atoms with Gasteiger partial charge in [0.25, 0.3) is 0 Å². The first-order chi connectivity index (χ1) is 15.5. The minimum absolute atomic E-state index is 0.199. The molecule has 0 atom stereocenters. The molecule has 0 radical (unpaired) electrons. The second-order valence-electron chi connectivity index (χ2n) is 7.61. The van der Waals surface area contributed by atoms with E-state index in [1.807, 2.05) is 24.3 Å².